The van der Waals surface area contributed by atoms with Gasteiger partial charge in [-0.05, 0) is 64.1 Å². The Labute approximate surface area is 159 Å². The van der Waals surface area contributed by atoms with Gasteiger partial charge in [0.2, 0.25) is 0 Å². The molecule has 0 atom stereocenters. The SMILES string of the molecule is CC1(C)OB(c2ccc(Cn3c4c(ccc3=O)CCC4)c(F)c2)OC1(C)C. The van der Waals surface area contributed by atoms with Crippen LogP contribution in [0.15, 0.2) is 35.1 Å². The van der Waals surface area contributed by atoms with Crippen LogP contribution in [-0.2, 0) is 28.7 Å². The Kier molecular flexibility index (Phi) is 4.31. The molecule has 1 aromatic heterocycles. The van der Waals surface area contributed by atoms with Crippen molar-refractivity contribution in [2.24, 2.45) is 0 Å². The highest BCUT2D eigenvalue weighted by molar-refractivity contribution is 6.62. The minimum atomic E-state index is -0.595. The zero-order valence-electron chi connectivity index (χ0n) is 16.3. The third kappa shape index (κ3) is 3.15. The van der Waals surface area contributed by atoms with Gasteiger partial charge >= 0.3 is 7.12 Å². The van der Waals surface area contributed by atoms with E-state index in [-0.39, 0.29) is 17.9 Å². The number of nitrogens with zero attached hydrogens (tertiary/aromatic N) is 1. The minimum absolute atomic E-state index is 0.0786. The van der Waals surface area contributed by atoms with Gasteiger partial charge in [-0.15, -0.1) is 0 Å². The van der Waals surface area contributed by atoms with Gasteiger partial charge in [-0.3, -0.25) is 4.79 Å². The van der Waals surface area contributed by atoms with Crippen LogP contribution < -0.4 is 11.0 Å². The molecule has 1 aliphatic carbocycles. The van der Waals surface area contributed by atoms with Crippen molar-refractivity contribution in [3.63, 3.8) is 0 Å². The molecule has 0 spiro atoms. The lowest BCUT2D eigenvalue weighted by Gasteiger charge is -2.32. The summed E-state index contributed by atoms with van der Waals surface area (Å²) in [6.45, 7) is 8.14. The van der Waals surface area contributed by atoms with Crippen LogP contribution >= 0.6 is 0 Å². The average molecular weight is 369 g/mol. The molecule has 1 aliphatic heterocycles. The third-order valence-corrected chi connectivity index (χ3v) is 6.18. The van der Waals surface area contributed by atoms with Crippen LogP contribution in [-0.4, -0.2) is 22.9 Å². The van der Waals surface area contributed by atoms with E-state index in [1.165, 1.54) is 11.6 Å². The van der Waals surface area contributed by atoms with Crippen LogP contribution in [0.3, 0.4) is 0 Å². The Hall–Kier alpha value is -1.92. The molecular formula is C21H25BFNO3. The van der Waals surface area contributed by atoms with E-state index in [9.17, 15) is 9.18 Å². The average Bonchev–Trinajstić information content (AvgIpc) is 3.14. The number of benzene rings is 1. The van der Waals surface area contributed by atoms with Gasteiger partial charge in [-0.1, -0.05) is 18.2 Å². The van der Waals surface area contributed by atoms with Crippen molar-refractivity contribution >= 4 is 12.6 Å². The Morgan fingerprint density at radius 1 is 1.07 bits per heavy atom. The maximum absolute atomic E-state index is 14.8. The second kappa shape index (κ2) is 6.31. The molecule has 2 aliphatic rings. The van der Waals surface area contributed by atoms with Crippen LogP contribution in [0, 0.1) is 5.82 Å². The predicted octanol–water partition coefficient (Wildman–Crippen LogP) is 2.82. The summed E-state index contributed by atoms with van der Waals surface area (Å²) >= 11 is 0. The van der Waals surface area contributed by atoms with Crippen molar-refractivity contribution in [3.05, 3.63) is 63.3 Å². The van der Waals surface area contributed by atoms with Gasteiger partial charge in [0.05, 0.1) is 17.7 Å². The molecule has 1 fully saturated rings. The van der Waals surface area contributed by atoms with Gasteiger partial charge in [0.15, 0.2) is 0 Å². The van der Waals surface area contributed by atoms with Gasteiger partial charge in [0, 0.05) is 17.3 Å². The quantitative estimate of drug-likeness (QED) is 0.782. The summed E-state index contributed by atoms with van der Waals surface area (Å²) in [6.07, 6.45) is 2.90. The smallest absolute Gasteiger partial charge is 0.399 e. The van der Waals surface area contributed by atoms with Crippen molar-refractivity contribution in [1.29, 1.82) is 0 Å². The molecule has 0 amide bonds. The first-order valence-corrected chi connectivity index (χ1v) is 9.53. The summed E-state index contributed by atoms with van der Waals surface area (Å²) in [4.78, 5) is 12.3. The van der Waals surface area contributed by atoms with E-state index in [2.05, 4.69) is 0 Å². The molecule has 4 rings (SSSR count). The van der Waals surface area contributed by atoms with E-state index in [1.54, 1.807) is 16.7 Å². The lowest BCUT2D eigenvalue weighted by Crippen LogP contribution is -2.41. The maximum atomic E-state index is 14.8. The maximum Gasteiger partial charge on any atom is 0.494 e. The lowest BCUT2D eigenvalue weighted by molar-refractivity contribution is 0.00578. The molecule has 1 aromatic carbocycles. The molecule has 27 heavy (non-hydrogen) atoms. The van der Waals surface area contributed by atoms with Crippen LogP contribution in [0.4, 0.5) is 4.39 Å². The second-order valence-corrected chi connectivity index (χ2v) is 8.52. The first-order valence-electron chi connectivity index (χ1n) is 9.53. The molecule has 1 saturated heterocycles. The number of rotatable bonds is 3. The van der Waals surface area contributed by atoms with E-state index in [0.29, 0.717) is 11.0 Å². The van der Waals surface area contributed by atoms with E-state index < -0.39 is 18.3 Å². The fraction of sp³-hybridized carbons (Fsp3) is 0.476. The Morgan fingerprint density at radius 3 is 2.44 bits per heavy atom. The molecule has 0 bridgehead atoms. The highest BCUT2D eigenvalue weighted by Gasteiger charge is 2.51. The summed E-state index contributed by atoms with van der Waals surface area (Å²) in [5, 5.41) is 0. The van der Waals surface area contributed by atoms with E-state index >= 15 is 0 Å². The number of fused-ring (bicyclic) bond motifs is 1. The number of hydrogen-bond acceptors (Lipinski definition) is 3. The molecule has 0 unspecified atom stereocenters. The van der Waals surface area contributed by atoms with Gasteiger partial charge in [0.1, 0.15) is 5.82 Å². The fourth-order valence-electron chi connectivity index (χ4n) is 3.80. The van der Waals surface area contributed by atoms with Crippen LogP contribution in [0.25, 0.3) is 0 Å². The fourth-order valence-corrected chi connectivity index (χ4v) is 3.80. The second-order valence-electron chi connectivity index (χ2n) is 8.52. The summed E-state index contributed by atoms with van der Waals surface area (Å²) in [6, 6.07) is 8.51. The van der Waals surface area contributed by atoms with Crippen molar-refractivity contribution in [3.8, 4) is 0 Å². The molecule has 4 nitrogen and oxygen atoms in total. The number of aryl methyl sites for hydroxylation is 1. The highest BCUT2D eigenvalue weighted by Crippen LogP contribution is 2.36. The monoisotopic (exact) mass is 369 g/mol. The number of aromatic nitrogens is 1. The van der Waals surface area contributed by atoms with Crippen LogP contribution in [0.5, 0.6) is 0 Å². The van der Waals surface area contributed by atoms with Crippen molar-refractivity contribution in [1.82, 2.24) is 4.57 Å². The first-order chi connectivity index (χ1) is 12.7. The molecule has 0 saturated carbocycles. The van der Waals surface area contributed by atoms with E-state index in [0.717, 1.165) is 25.0 Å². The summed E-state index contributed by atoms with van der Waals surface area (Å²) in [5.74, 6) is -0.343. The van der Waals surface area contributed by atoms with Gasteiger partial charge in [-0.25, -0.2) is 4.39 Å². The van der Waals surface area contributed by atoms with Crippen molar-refractivity contribution < 1.29 is 13.7 Å². The Balaban J connectivity index is 1.61. The lowest BCUT2D eigenvalue weighted by atomic mass is 9.78. The zero-order valence-corrected chi connectivity index (χ0v) is 16.3. The molecule has 2 aromatic rings. The van der Waals surface area contributed by atoms with Crippen molar-refractivity contribution in [2.45, 2.75) is 64.7 Å². The molecule has 2 heterocycles. The van der Waals surface area contributed by atoms with Gasteiger partial charge in [-0.2, -0.15) is 0 Å². The van der Waals surface area contributed by atoms with E-state index in [4.69, 9.17) is 9.31 Å². The van der Waals surface area contributed by atoms with Gasteiger partial charge < -0.3 is 13.9 Å². The minimum Gasteiger partial charge on any atom is -0.399 e. The van der Waals surface area contributed by atoms with Crippen LogP contribution in [0.2, 0.25) is 0 Å². The number of halogens is 1. The molecule has 142 valence electrons. The van der Waals surface area contributed by atoms with Crippen LogP contribution in [0.1, 0.15) is 50.9 Å². The van der Waals surface area contributed by atoms with E-state index in [1.807, 2.05) is 39.8 Å². The molecule has 6 heteroatoms. The third-order valence-electron chi connectivity index (χ3n) is 6.18. The molecular weight excluding hydrogens is 344 g/mol. The Morgan fingerprint density at radius 2 is 1.78 bits per heavy atom. The molecule has 0 N–H and O–H groups in total. The largest absolute Gasteiger partial charge is 0.494 e. The normalized spacial score (nSPS) is 20.1. The van der Waals surface area contributed by atoms with Gasteiger partial charge in [0.25, 0.3) is 5.56 Å². The first kappa shape index (κ1) is 18.4. The topological polar surface area (TPSA) is 40.5 Å². The summed E-state index contributed by atoms with van der Waals surface area (Å²) in [5.41, 5.74) is 2.37. The number of hydrogen-bond donors (Lipinski definition) is 0. The summed E-state index contributed by atoms with van der Waals surface area (Å²) in [7, 11) is -0.595. The molecule has 0 radical (unpaired) electrons. The Bertz CT molecular complexity index is 935. The predicted molar refractivity (Wildman–Crippen MR) is 104 cm³/mol. The zero-order chi connectivity index (χ0) is 19.4. The van der Waals surface area contributed by atoms with Crippen molar-refractivity contribution in [2.75, 3.05) is 0 Å². The standard InChI is InChI=1S/C21H25BFNO3/c1-20(2)21(3,4)27-22(26-20)16-10-8-15(17(23)12-16)13-24-18-7-5-6-14(18)9-11-19(24)25/h8-12H,5-7,13H2,1-4H3. The summed E-state index contributed by atoms with van der Waals surface area (Å²) < 4.78 is 28.5. The highest BCUT2D eigenvalue weighted by atomic mass is 19.1. The number of pyridine rings is 1.